The van der Waals surface area contributed by atoms with E-state index < -0.39 is 0 Å². The molecule has 1 aliphatic heterocycles. The maximum Gasteiger partial charge on any atom is 0.0723 e. The SMILES string of the molecule is Cc1c2cccc1C=N[C@@H]1CCCC[C@H]1N=Cc1cccc(c1C)C=N[C@@H]1CCCC[C@H]1N=Cc1cccc(c1C)C=N[C@@H]1CCCC[C@H]1N=C2. The third-order valence-corrected chi connectivity index (χ3v) is 11.8. The summed E-state index contributed by atoms with van der Waals surface area (Å²) in [5, 5.41) is 0. The first-order valence-corrected chi connectivity index (χ1v) is 19.5. The fourth-order valence-electron chi connectivity index (χ4n) is 8.23. The predicted octanol–water partition coefficient (Wildman–Crippen LogP) is 9.47. The molecule has 0 saturated heterocycles. The molecular weight excluding hydrogens is 625 g/mol. The van der Waals surface area contributed by atoms with Crippen molar-refractivity contribution in [2.75, 3.05) is 0 Å². The lowest BCUT2D eigenvalue weighted by molar-refractivity contribution is 0.390. The van der Waals surface area contributed by atoms with Crippen LogP contribution in [-0.2, 0) is 0 Å². The van der Waals surface area contributed by atoms with Crippen LogP contribution in [0.25, 0.3) is 0 Å². The average Bonchev–Trinajstić information content (AvgIpc) is 3.16. The summed E-state index contributed by atoms with van der Waals surface area (Å²) in [5.41, 5.74) is 10.6. The highest BCUT2D eigenvalue weighted by molar-refractivity contribution is 5.91. The van der Waals surface area contributed by atoms with E-state index in [2.05, 4.69) is 113 Å². The molecule has 1 heterocycles. The van der Waals surface area contributed by atoms with E-state index in [4.69, 9.17) is 30.0 Å². The van der Waals surface area contributed by atoms with Gasteiger partial charge in [-0.3, -0.25) is 30.0 Å². The quantitative estimate of drug-likeness (QED) is 0.227. The Balaban J connectivity index is 1.25. The van der Waals surface area contributed by atoms with E-state index in [-0.39, 0.29) is 36.3 Å². The van der Waals surface area contributed by atoms with Gasteiger partial charge in [0.15, 0.2) is 0 Å². The lowest BCUT2D eigenvalue weighted by Crippen LogP contribution is -2.27. The summed E-state index contributed by atoms with van der Waals surface area (Å²) in [6, 6.07) is 20.6. The molecule has 0 unspecified atom stereocenters. The Labute approximate surface area is 305 Å². The van der Waals surface area contributed by atoms with Crippen LogP contribution in [-0.4, -0.2) is 73.5 Å². The predicted molar refractivity (Wildman–Crippen MR) is 217 cm³/mol. The molecule has 0 spiro atoms. The Morgan fingerprint density at radius 3 is 0.667 bits per heavy atom. The highest BCUT2D eigenvalue weighted by Gasteiger charge is 2.26. The first-order valence-electron chi connectivity index (χ1n) is 19.5. The van der Waals surface area contributed by atoms with Crippen molar-refractivity contribution in [2.24, 2.45) is 30.0 Å². The summed E-state index contributed by atoms with van der Waals surface area (Å²) in [6.45, 7) is 6.58. The van der Waals surface area contributed by atoms with Crippen molar-refractivity contribution in [3.8, 4) is 0 Å². The lowest BCUT2D eigenvalue weighted by Gasteiger charge is -2.26. The van der Waals surface area contributed by atoms with Crippen LogP contribution in [0.1, 0.15) is 127 Å². The molecule has 6 atom stereocenters. The minimum absolute atomic E-state index is 0.188. The van der Waals surface area contributed by atoms with E-state index in [9.17, 15) is 0 Å². The number of hydrogen-bond acceptors (Lipinski definition) is 6. The minimum Gasteiger partial charge on any atom is -0.287 e. The van der Waals surface area contributed by atoms with Crippen molar-refractivity contribution in [2.45, 2.75) is 134 Å². The van der Waals surface area contributed by atoms with E-state index in [0.717, 1.165) is 71.9 Å². The summed E-state index contributed by atoms with van der Waals surface area (Å²) in [7, 11) is 0. The highest BCUT2D eigenvalue weighted by Crippen LogP contribution is 2.28. The Morgan fingerprint density at radius 2 is 0.490 bits per heavy atom. The molecule has 51 heavy (non-hydrogen) atoms. The van der Waals surface area contributed by atoms with Crippen molar-refractivity contribution in [1.82, 2.24) is 0 Å². The van der Waals surface area contributed by atoms with Gasteiger partial charge in [-0.25, -0.2) is 0 Å². The second-order valence-corrected chi connectivity index (χ2v) is 15.1. The fourth-order valence-corrected chi connectivity index (χ4v) is 8.23. The van der Waals surface area contributed by atoms with Gasteiger partial charge in [-0.15, -0.1) is 0 Å². The molecule has 0 amide bonds. The van der Waals surface area contributed by atoms with Gasteiger partial charge < -0.3 is 0 Å². The van der Waals surface area contributed by atoms with Crippen LogP contribution in [0.4, 0.5) is 0 Å². The minimum atomic E-state index is 0.188. The standard InChI is InChI=1S/C45H54N6/c1-31-34-13-10-14-35(31)26-47-41-20-5-7-22-43(41)49-28-37-16-12-18-39(33(37)3)30-51-45-24-9-8-23-44(45)50-29-38-17-11-15-36(32(38)2)27-48-42-21-6-4-19-40(42)46-25-34/h10-18,25-30,40-45H,4-9,19-24H2,1-3H3/t40-,41-,42-,43-,44-,45-/m1/s1. The van der Waals surface area contributed by atoms with E-state index in [0.29, 0.717) is 0 Å². The summed E-state index contributed by atoms with van der Waals surface area (Å²) < 4.78 is 0. The number of aliphatic imine (C=N–C) groups is 6. The van der Waals surface area contributed by atoms with E-state index in [1.165, 1.54) is 55.2 Å². The number of hydrogen-bond donors (Lipinski definition) is 0. The second-order valence-electron chi connectivity index (χ2n) is 15.1. The van der Waals surface area contributed by atoms with Crippen molar-refractivity contribution in [3.63, 3.8) is 0 Å². The summed E-state index contributed by atoms with van der Waals surface area (Å²) in [6.07, 6.45) is 26.2. The molecule has 3 fully saturated rings. The maximum atomic E-state index is 5.18. The molecule has 6 heteroatoms. The molecule has 264 valence electrons. The Morgan fingerprint density at radius 1 is 0.314 bits per heavy atom. The van der Waals surface area contributed by atoms with Crippen LogP contribution < -0.4 is 0 Å². The molecule has 6 bridgehead atoms. The Bertz CT molecular complexity index is 1510. The Hall–Kier alpha value is -4.32. The van der Waals surface area contributed by atoms with Gasteiger partial charge in [0.1, 0.15) is 0 Å². The normalized spacial score (nSPS) is 26.9. The van der Waals surface area contributed by atoms with Crippen LogP contribution in [0.15, 0.2) is 84.6 Å². The van der Waals surface area contributed by atoms with Crippen LogP contribution in [0.5, 0.6) is 0 Å². The zero-order valence-corrected chi connectivity index (χ0v) is 30.8. The van der Waals surface area contributed by atoms with Gasteiger partial charge in [0.2, 0.25) is 0 Å². The molecule has 6 nitrogen and oxygen atoms in total. The largest absolute Gasteiger partial charge is 0.287 e. The molecule has 4 aliphatic rings. The summed E-state index contributed by atoms with van der Waals surface area (Å²) >= 11 is 0. The van der Waals surface area contributed by atoms with Crippen molar-refractivity contribution in [1.29, 1.82) is 0 Å². The van der Waals surface area contributed by atoms with Gasteiger partial charge in [0, 0.05) is 37.3 Å². The van der Waals surface area contributed by atoms with Gasteiger partial charge in [-0.1, -0.05) is 93.1 Å². The van der Waals surface area contributed by atoms with Gasteiger partial charge in [-0.05, 0) is 109 Å². The highest BCUT2D eigenvalue weighted by atomic mass is 14.9. The molecule has 0 N–H and O–H groups in total. The monoisotopic (exact) mass is 678 g/mol. The zero-order chi connectivity index (χ0) is 35.0. The van der Waals surface area contributed by atoms with Gasteiger partial charge >= 0.3 is 0 Å². The molecule has 0 aromatic heterocycles. The maximum absolute atomic E-state index is 5.18. The summed E-state index contributed by atoms with van der Waals surface area (Å²) in [4.78, 5) is 31.1. The van der Waals surface area contributed by atoms with E-state index >= 15 is 0 Å². The van der Waals surface area contributed by atoms with Crippen molar-refractivity contribution < 1.29 is 0 Å². The summed E-state index contributed by atoms with van der Waals surface area (Å²) in [5.74, 6) is 0. The number of benzene rings is 3. The molecule has 0 radical (unpaired) electrons. The number of nitrogens with zero attached hydrogens (tertiary/aromatic N) is 6. The fraction of sp³-hybridized carbons (Fsp3) is 0.467. The topological polar surface area (TPSA) is 74.2 Å². The smallest absolute Gasteiger partial charge is 0.0723 e. The van der Waals surface area contributed by atoms with Crippen LogP contribution >= 0.6 is 0 Å². The third kappa shape index (κ3) is 8.60. The molecule has 7 rings (SSSR count). The number of rotatable bonds is 0. The van der Waals surface area contributed by atoms with Crippen molar-refractivity contribution >= 4 is 37.3 Å². The van der Waals surface area contributed by atoms with Gasteiger partial charge in [-0.2, -0.15) is 0 Å². The van der Waals surface area contributed by atoms with Crippen LogP contribution in [0.3, 0.4) is 0 Å². The first-order chi connectivity index (χ1) is 25.0. The van der Waals surface area contributed by atoms with Crippen LogP contribution in [0, 0.1) is 20.8 Å². The molecule has 3 saturated carbocycles. The van der Waals surface area contributed by atoms with Crippen LogP contribution in [0.2, 0.25) is 0 Å². The van der Waals surface area contributed by atoms with E-state index in [1.54, 1.807) is 0 Å². The molecule has 3 aromatic carbocycles. The van der Waals surface area contributed by atoms with Crippen molar-refractivity contribution in [3.05, 3.63) is 105 Å². The second kappa shape index (κ2) is 16.8. The number of fused-ring (bicyclic) bond motifs is 9. The average molecular weight is 679 g/mol. The molecular formula is C45H54N6. The first kappa shape index (κ1) is 35.1. The van der Waals surface area contributed by atoms with Gasteiger partial charge in [0.25, 0.3) is 0 Å². The van der Waals surface area contributed by atoms with Gasteiger partial charge in [0.05, 0.1) is 36.3 Å². The zero-order valence-electron chi connectivity index (χ0n) is 30.8. The van der Waals surface area contributed by atoms with E-state index in [1.807, 2.05) is 0 Å². The lowest BCUT2D eigenvalue weighted by atomic mass is 9.90. The third-order valence-electron chi connectivity index (χ3n) is 11.8. The molecule has 3 aromatic rings. The Kier molecular flexibility index (Phi) is 11.6. The molecule has 3 aliphatic carbocycles.